The number of aliphatic imine (C=N–C) groups is 1. The first kappa shape index (κ1) is 14.0. The maximum absolute atomic E-state index is 6.55. The summed E-state index contributed by atoms with van der Waals surface area (Å²) in [4.78, 5) is 10.9. The largest absolute Gasteiger partial charge is 0.378 e. The molecule has 5 N–H and O–H groups in total. The fraction of sp³-hybridized carbons (Fsp3) is 0.333. The zero-order chi connectivity index (χ0) is 15.9. The number of rotatable bonds is 2. The van der Waals surface area contributed by atoms with Crippen LogP contribution in [0, 0.1) is 0 Å². The molecule has 8 heteroatoms. The fourth-order valence-electron chi connectivity index (χ4n) is 2.92. The van der Waals surface area contributed by atoms with Gasteiger partial charge in [0.05, 0.1) is 13.2 Å². The van der Waals surface area contributed by atoms with Crippen molar-refractivity contribution in [3.63, 3.8) is 0 Å². The molecule has 4 heterocycles. The Morgan fingerprint density at radius 3 is 2.91 bits per heavy atom. The Balaban J connectivity index is 1.73. The zero-order valence-corrected chi connectivity index (χ0v) is 12.6. The average molecular weight is 313 g/mol. The Labute approximate surface area is 133 Å². The van der Waals surface area contributed by atoms with Crippen molar-refractivity contribution < 1.29 is 4.74 Å². The number of morpholine rings is 1. The molecule has 0 aromatic carbocycles. The summed E-state index contributed by atoms with van der Waals surface area (Å²) in [5, 5.41) is 3.10. The molecule has 4 rings (SSSR count). The Morgan fingerprint density at radius 2 is 2.09 bits per heavy atom. The van der Waals surface area contributed by atoms with E-state index in [-0.39, 0.29) is 0 Å². The van der Waals surface area contributed by atoms with Gasteiger partial charge in [0.15, 0.2) is 11.6 Å². The number of nitrogens with one attached hydrogen (secondary N) is 1. The molecule has 0 amide bonds. The number of hydrogen-bond donors (Lipinski definition) is 3. The lowest BCUT2D eigenvalue weighted by molar-refractivity contribution is 0.0509. The second-order valence-corrected chi connectivity index (χ2v) is 5.68. The molecular weight excluding hydrogens is 294 g/mol. The van der Waals surface area contributed by atoms with Crippen LogP contribution in [-0.4, -0.2) is 46.5 Å². The van der Waals surface area contributed by atoms with Crippen LogP contribution in [0.25, 0.3) is 5.65 Å². The van der Waals surface area contributed by atoms with Gasteiger partial charge in [0.2, 0.25) is 0 Å². The lowest BCUT2D eigenvalue weighted by atomic mass is 10.0. The average Bonchev–Trinajstić information content (AvgIpc) is 3.02. The van der Waals surface area contributed by atoms with Crippen LogP contribution < -0.4 is 16.8 Å². The summed E-state index contributed by atoms with van der Waals surface area (Å²) in [5.74, 6) is 1.17. The SMILES string of the molecule is NC1=NC(N)(c2ccn3ccnc3c2)C=C(N2CCOCC2)N1. The van der Waals surface area contributed by atoms with Crippen LogP contribution in [0.3, 0.4) is 0 Å². The molecule has 8 nitrogen and oxygen atoms in total. The summed E-state index contributed by atoms with van der Waals surface area (Å²) in [6.07, 6.45) is 7.46. The minimum Gasteiger partial charge on any atom is -0.378 e. The zero-order valence-electron chi connectivity index (χ0n) is 12.6. The van der Waals surface area contributed by atoms with Crippen molar-refractivity contribution in [1.29, 1.82) is 0 Å². The molecule has 1 saturated heterocycles. The van der Waals surface area contributed by atoms with Crippen LogP contribution in [0.5, 0.6) is 0 Å². The standard InChI is InChI=1S/C15H19N7O/c16-14-19-13(22-5-7-23-8-6-22)10-15(17,20-14)11-1-3-21-4-2-18-12(21)9-11/h1-4,9-10H,5-8,17H2,(H3,16,19,20). The van der Waals surface area contributed by atoms with Crippen molar-refractivity contribution in [3.05, 3.63) is 48.2 Å². The number of guanidine groups is 1. The quantitative estimate of drug-likeness (QED) is 0.692. The highest BCUT2D eigenvalue weighted by Gasteiger charge is 2.31. The summed E-state index contributed by atoms with van der Waals surface area (Å²) in [5.41, 5.74) is 13.2. The van der Waals surface area contributed by atoms with Crippen LogP contribution in [0.15, 0.2) is 47.6 Å². The van der Waals surface area contributed by atoms with Gasteiger partial charge in [0.1, 0.15) is 11.5 Å². The monoisotopic (exact) mass is 313 g/mol. The molecule has 0 saturated carbocycles. The highest BCUT2D eigenvalue weighted by Crippen LogP contribution is 2.27. The molecule has 2 aromatic heterocycles. The van der Waals surface area contributed by atoms with E-state index in [1.807, 2.05) is 35.0 Å². The molecule has 1 fully saturated rings. The van der Waals surface area contributed by atoms with E-state index in [1.54, 1.807) is 6.20 Å². The molecule has 2 aromatic rings. The van der Waals surface area contributed by atoms with Crippen molar-refractivity contribution in [3.8, 4) is 0 Å². The van der Waals surface area contributed by atoms with Crippen molar-refractivity contribution in [2.75, 3.05) is 26.3 Å². The topological polar surface area (TPSA) is 106 Å². The van der Waals surface area contributed by atoms with E-state index in [0.717, 1.165) is 30.1 Å². The highest BCUT2D eigenvalue weighted by atomic mass is 16.5. The fourth-order valence-corrected chi connectivity index (χ4v) is 2.92. The number of nitrogens with zero attached hydrogens (tertiary/aromatic N) is 4. The number of fused-ring (bicyclic) bond motifs is 1. The summed E-state index contributed by atoms with van der Waals surface area (Å²) >= 11 is 0. The maximum atomic E-state index is 6.55. The van der Waals surface area contributed by atoms with E-state index in [0.29, 0.717) is 19.2 Å². The van der Waals surface area contributed by atoms with E-state index in [1.165, 1.54) is 0 Å². The second-order valence-electron chi connectivity index (χ2n) is 5.68. The second kappa shape index (κ2) is 5.25. The minimum atomic E-state index is -1.02. The van der Waals surface area contributed by atoms with Gasteiger partial charge in [-0.1, -0.05) is 0 Å². The molecule has 1 unspecified atom stereocenters. The van der Waals surface area contributed by atoms with Crippen LogP contribution in [0.2, 0.25) is 0 Å². The van der Waals surface area contributed by atoms with Gasteiger partial charge < -0.3 is 25.1 Å². The van der Waals surface area contributed by atoms with Gasteiger partial charge in [-0.3, -0.25) is 5.73 Å². The van der Waals surface area contributed by atoms with Gasteiger partial charge >= 0.3 is 0 Å². The molecule has 2 aliphatic rings. The van der Waals surface area contributed by atoms with Gasteiger partial charge in [-0.25, -0.2) is 9.98 Å². The molecule has 0 spiro atoms. The van der Waals surface area contributed by atoms with Gasteiger partial charge in [-0.2, -0.15) is 0 Å². The molecule has 0 bridgehead atoms. The van der Waals surface area contributed by atoms with Crippen molar-refractivity contribution in [2.45, 2.75) is 5.66 Å². The first-order valence-electron chi connectivity index (χ1n) is 7.54. The smallest absolute Gasteiger partial charge is 0.196 e. The molecule has 0 aliphatic carbocycles. The van der Waals surface area contributed by atoms with Gasteiger partial charge in [0, 0.05) is 43.3 Å². The number of hydrogen-bond acceptors (Lipinski definition) is 7. The lowest BCUT2D eigenvalue weighted by Crippen LogP contribution is -2.50. The number of aromatic nitrogens is 2. The van der Waals surface area contributed by atoms with Crippen molar-refractivity contribution in [2.24, 2.45) is 16.5 Å². The summed E-state index contributed by atoms with van der Waals surface area (Å²) in [6, 6.07) is 3.86. The Morgan fingerprint density at radius 1 is 1.26 bits per heavy atom. The first-order valence-corrected chi connectivity index (χ1v) is 7.54. The normalized spacial score (nSPS) is 25.0. The number of pyridine rings is 1. The number of nitrogens with two attached hydrogens (primary N) is 2. The Bertz CT molecular complexity index is 790. The van der Waals surface area contributed by atoms with Crippen LogP contribution in [-0.2, 0) is 10.4 Å². The van der Waals surface area contributed by atoms with Gasteiger partial charge in [-0.05, 0) is 12.1 Å². The number of ether oxygens (including phenoxy) is 1. The van der Waals surface area contributed by atoms with E-state index in [9.17, 15) is 0 Å². The minimum absolute atomic E-state index is 0.305. The molecule has 0 radical (unpaired) electrons. The highest BCUT2D eigenvalue weighted by molar-refractivity contribution is 5.81. The predicted octanol–water partition coefficient (Wildman–Crippen LogP) is -0.463. The third-order valence-electron chi connectivity index (χ3n) is 4.13. The van der Waals surface area contributed by atoms with Crippen molar-refractivity contribution >= 4 is 11.6 Å². The van der Waals surface area contributed by atoms with E-state index in [2.05, 4.69) is 20.2 Å². The lowest BCUT2D eigenvalue weighted by Gasteiger charge is -2.36. The summed E-state index contributed by atoms with van der Waals surface area (Å²) in [7, 11) is 0. The summed E-state index contributed by atoms with van der Waals surface area (Å²) in [6.45, 7) is 2.96. The Kier molecular flexibility index (Phi) is 3.21. The van der Waals surface area contributed by atoms with Crippen molar-refractivity contribution in [1.82, 2.24) is 19.6 Å². The first-order chi connectivity index (χ1) is 11.1. The maximum Gasteiger partial charge on any atom is 0.196 e. The molecule has 1 atom stereocenters. The molecular formula is C15H19N7O. The third-order valence-corrected chi connectivity index (χ3v) is 4.13. The van der Waals surface area contributed by atoms with Crippen LogP contribution in [0.4, 0.5) is 0 Å². The molecule has 23 heavy (non-hydrogen) atoms. The van der Waals surface area contributed by atoms with Gasteiger partial charge in [-0.15, -0.1) is 0 Å². The van der Waals surface area contributed by atoms with E-state index < -0.39 is 5.66 Å². The number of imidazole rings is 1. The summed E-state index contributed by atoms with van der Waals surface area (Å²) < 4.78 is 7.32. The van der Waals surface area contributed by atoms with Gasteiger partial charge in [0.25, 0.3) is 0 Å². The van der Waals surface area contributed by atoms with Crippen LogP contribution >= 0.6 is 0 Å². The molecule has 120 valence electrons. The Hall–Kier alpha value is -2.58. The molecule has 2 aliphatic heterocycles. The van der Waals surface area contributed by atoms with E-state index >= 15 is 0 Å². The predicted molar refractivity (Wildman–Crippen MR) is 86.3 cm³/mol. The third kappa shape index (κ3) is 2.51. The van der Waals surface area contributed by atoms with Crippen LogP contribution in [0.1, 0.15) is 5.56 Å². The van der Waals surface area contributed by atoms with E-state index in [4.69, 9.17) is 16.2 Å².